The number of benzene rings is 3. The fourth-order valence-electron chi connectivity index (χ4n) is 4.68. The summed E-state index contributed by atoms with van der Waals surface area (Å²) in [5.74, 6) is 0.890. The summed E-state index contributed by atoms with van der Waals surface area (Å²) < 4.78 is 31.9. The minimum atomic E-state index is -0.236. The molecule has 3 aromatic carbocycles. The first-order valence-electron chi connectivity index (χ1n) is 13.6. The van der Waals surface area contributed by atoms with Crippen molar-refractivity contribution in [3.05, 3.63) is 137 Å². The lowest BCUT2D eigenvalue weighted by Crippen LogP contribution is -2.33. The summed E-state index contributed by atoms with van der Waals surface area (Å²) in [4.78, 5) is 8.39. The Balaban J connectivity index is 0.000000199. The van der Waals surface area contributed by atoms with Crippen LogP contribution in [0, 0.1) is 11.6 Å². The highest BCUT2D eigenvalue weighted by Gasteiger charge is 2.19. The molecule has 1 atom stereocenters. The molecular weight excluding hydrogens is 575 g/mol. The number of alkyl halides is 1. The lowest BCUT2D eigenvalue weighted by atomic mass is 10.0. The summed E-state index contributed by atoms with van der Waals surface area (Å²) in [5, 5.41) is 4.20. The zero-order chi connectivity index (χ0) is 29.3. The van der Waals surface area contributed by atoms with E-state index in [2.05, 4.69) is 21.4 Å². The molecule has 42 heavy (non-hydrogen) atoms. The third-order valence-electron chi connectivity index (χ3n) is 6.85. The van der Waals surface area contributed by atoms with Gasteiger partial charge < -0.3 is 10.1 Å². The molecule has 0 bridgehead atoms. The molecule has 0 saturated carbocycles. The van der Waals surface area contributed by atoms with Gasteiger partial charge in [-0.15, -0.1) is 11.6 Å². The maximum absolute atomic E-state index is 13.1. The standard InChI is InChI=1S/C22H20ClFN2O.C12H9ClFN/c23-19-4-8-22-17(10-19)3-7-21(27-22)14-26-12-15-9-18(13-25-11-15)16-1-5-20(24)6-2-16;13-6-9-5-11(8-15-7-9)10-1-3-12(14)4-2-10/h1-2,4-6,8-11,13,21,26H,3,7,12,14H2;1-5,7-8H,6H2. The highest BCUT2D eigenvalue weighted by molar-refractivity contribution is 6.30. The molecule has 8 heteroatoms. The molecule has 1 unspecified atom stereocenters. The van der Waals surface area contributed by atoms with Crippen molar-refractivity contribution in [2.24, 2.45) is 0 Å². The summed E-state index contributed by atoms with van der Waals surface area (Å²) in [6.07, 6.45) is 9.19. The number of rotatable bonds is 7. The molecule has 0 spiro atoms. The number of ether oxygens (including phenoxy) is 1. The predicted octanol–water partition coefficient (Wildman–Crippen LogP) is 8.65. The molecule has 0 aliphatic carbocycles. The molecule has 214 valence electrons. The van der Waals surface area contributed by atoms with Gasteiger partial charge in [0, 0.05) is 59.9 Å². The normalized spacial score (nSPS) is 13.9. The van der Waals surface area contributed by atoms with Gasteiger partial charge in [-0.05, 0) is 95.3 Å². The minimum absolute atomic E-state index is 0.145. The van der Waals surface area contributed by atoms with Gasteiger partial charge in [-0.3, -0.25) is 9.97 Å². The highest BCUT2D eigenvalue weighted by Crippen LogP contribution is 2.30. The van der Waals surface area contributed by atoms with Crippen LogP contribution in [0.1, 0.15) is 23.1 Å². The Bertz CT molecular complexity index is 1610. The second-order valence-corrected chi connectivity index (χ2v) is 10.7. The van der Waals surface area contributed by atoms with Crippen LogP contribution in [0.2, 0.25) is 5.02 Å². The fourth-order valence-corrected chi connectivity index (χ4v) is 5.02. The Hall–Kier alpha value is -3.84. The molecule has 3 heterocycles. The lowest BCUT2D eigenvalue weighted by Gasteiger charge is -2.26. The van der Waals surface area contributed by atoms with Crippen molar-refractivity contribution in [3.63, 3.8) is 0 Å². The molecule has 0 amide bonds. The summed E-state index contributed by atoms with van der Waals surface area (Å²) in [6.45, 7) is 1.47. The third-order valence-corrected chi connectivity index (χ3v) is 7.40. The fraction of sp³-hybridized carbons (Fsp3) is 0.176. The van der Waals surface area contributed by atoms with Gasteiger partial charge in [0.25, 0.3) is 0 Å². The van der Waals surface area contributed by atoms with E-state index in [9.17, 15) is 8.78 Å². The predicted molar refractivity (Wildman–Crippen MR) is 165 cm³/mol. The largest absolute Gasteiger partial charge is 0.489 e. The third kappa shape index (κ3) is 8.13. The van der Waals surface area contributed by atoms with Crippen LogP contribution < -0.4 is 10.1 Å². The number of hydrogen-bond acceptors (Lipinski definition) is 4. The van der Waals surface area contributed by atoms with Gasteiger partial charge in [0.15, 0.2) is 0 Å². The number of aryl methyl sites for hydroxylation is 1. The molecule has 1 N–H and O–H groups in total. The quantitative estimate of drug-likeness (QED) is 0.189. The van der Waals surface area contributed by atoms with Gasteiger partial charge in [0.05, 0.1) is 0 Å². The van der Waals surface area contributed by atoms with Crippen molar-refractivity contribution < 1.29 is 13.5 Å². The second kappa shape index (κ2) is 14.4. The molecule has 0 fully saturated rings. The van der Waals surface area contributed by atoms with Crippen LogP contribution in [0.25, 0.3) is 22.3 Å². The Morgan fingerprint density at radius 3 is 1.95 bits per heavy atom. The Kier molecular flexibility index (Phi) is 10.1. The van der Waals surface area contributed by atoms with Gasteiger partial charge in [-0.25, -0.2) is 8.78 Å². The average Bonchev–Trinajstić information content (AvgIpc) is 3.02. The highest BCUT2D eigenvalue weighted by atomic mass is 35.5. The van der Waals surface area contributed by atoms with E-state index >= 15 is 0 Å². The number of nitrogens with one attached hydrogen (secondary N) is 1. The molecule has 1 aliphatic rings. The van der Waals surface area contributed by atoms with Gasteiger partial charge in [-0.2, -0.15) is 0 Å². The SMILES string of the molecule is Fc1ccc(-c2cncc(CCl)c2)cc1.Fc1ccc(-c2cncc(CNCC3CCc4cc(Cl)ccc4O3)c2)cc1. The zero-order valence-electron chi connectivity index (χ0n) is 22.7. The van der Waals surface area contributed by atoms with E-state index in [4.69, 9.17) is 27.9 Å². The summed E-state index contributed by atoms with van der Waals surface area (Å²) in [7, 11) is 0. The average molecular weight is 605 g/mol. The van der Waals surface area contributed by atoms with Gasteiger partial charge in [0.1, 0.15) is 23.5 Å². The zero-order valence-corrected chi connectivity index (χ0v) is 24.3. The van der Waals surface area contributed by atoms with E-state index in [-0.39, 0.29) is 17.7 Å². The number of pyridine rings is 2. The number of aromatic nitrogens is 2. The van der Waals surface area contributed by atoms with E-state index in [1.54, 1.807) is 42.9 Å². The number of halogens is 4. The van der Waals surface area contributed by atoms with Crippen LogP contribution in [0.3, 0.4) is 0 Å². The van der Waals surface area contributed by atoms with E-state index in [0.29, 0.717) is 12.4 Å². The van der Waals surface area contributed by atoms with E-state index in [1.165, 1.54) is 29.8 Å². The monoisotopic (exact) mass is 603 g/mol. The van der Waals surface area contributed by atoms with Crippen LogP contribution in [-0.4, -0.2) is 22.6 Å². The maximum atomic E-state index is 13.1. The number of hydrogen-bond donors (Lipinski definition) is 1. The van der Waals surface area contributed by atoms with Gasteiger partial charge in [0.2, 0.25) is 0 Å². The first-order valence-corrected chi connectivity index (χ1v) is 14.5. The molecule has 4 nitrogen and oxygen atoms in total. The summed E-state index contributed by atoms with van der Waals surface area (Å²) >= 11 is 11.7. The maximum Gasteiger partial charge on any atom is 0.123 e. The number of fused-ring (bicyclic) bond motifs is 1. The Morgan fingerprint density at radius 2 is 1.33 bits per heavy atom. The first kappa shape index (κ1) is 29.6. The van der Waals surface area contributed by atoms with Crippen LogP contribution in [-0.2, 0) is 18.8 Å². The molecule has 5 aromatic rings. The summed E-state index contributed by atoms with van der Waals surface area (Å²) in [5.41, 5.74) is 7.04. The lowest BCUT2D eigenvalue weighted by molar-refractivity contribution is 0.170. The van der Waals surface area contributed by atoms with Crippen LogP contribution >= 0.6 is 23.2 Å². The van der Waals surface area contributed by atoms with Crippen molar-refractivity contribution in [2.75, 3.05) is 6.54 Å². The smallest absolute Gasteiger partial charge is 0.123 e. The molecule has 6 rings (SSSR count). The van der Waals surface area contributed by atoms with Crippen molar-refractivity contribution in [1.82, 2.24) is 15.3 Å². The van der Waals surface area contributed by atoms with Crippen molar-refractivity contribution >= 4 is 23.2 Å². The molecule has 1 aliphatic heterocycles. The van der Waals surface area contributed by atoms with Crippen LogP contribution in [0.5, 0.6) is 5.75 Å². The van der Waals surface area contributed by atoms with Gasteiger partial charge >= 0.3 is 0 Å². The Labute approximate surface area is 254 Å². The Morgan fingerprint density at radius 1 is 0.738 bits per heavy atom. The molecule has 0 radical (unpaired) electrons. The van der Waals surface area contributed by atoms with Crippen molar-refractivity contribution in [3.8, 4) is 28.0 Å². The van der Waals surface area contributed by atoms with Gasteiger partial charge in [-0.1, -0.05) is 35.9 Å². The van der Waals surface area contributed by atoms with E-state index in [0.717, 1.165) is 63.5 Å². The minimum Gasteiger partial charge on any atom is -0.489 e. The van der Waals surface area contributed by atoms with E-state index < -0.39 is 0 Å². The van der Waals surface area contributed by atoms with E-state index in [1.807, 2.05) is 30.5 Å². The van der Waals surface area contributed by atoms with Crippen LogP contribution in [0.4, 0.5) is 8.78 Å². The van der Waals surface area contributed by atoms with Crippen LogP contribution in [0.15, 0.2) is 104 Å². The van der Waals surface area contributed by atoms with Crippen molar-refractivity contribution in [1.29, 1.82) is 0 Å². The molecule has 2 aromatic heterocycles. The second-order valence-electron chi connectivity index (χ2n) is 9.97. The first-order chi connectivity index (χ1) is 20.5. The topological polar surface area (TPSA) is 47.0 Å². The molecular formula is C34H29Cl2F2N3O. The number of nitrogens with zero attached hydrogens (tertiary/aromatic N) is 2. The van der Waals surface area contributed by atoms with Crippen molar-refractivity contribution in [2.45, 2.75) is 31.4 Å². The summed E-state index contributed by atoms with van der Waals surface area (Å²) in [6, 6.07) is 22.6. The molecule has 0 saturated heterocycles.